The molecule has 0 aliphatic heterocycles. The third-order valence-electron chi connectivity index (χ3n) is 2.67. The van der Waals surface area contributed by atoms with Gasteiger partial charge in [-0.25, -0.2) is 8.78 Å². The molecule has 0 aromatic carbocycles. The van der Waals surface area contributed by atoms with E-state index in [1.54, 1.807) is 12.3 Å². The van der Waals surface area contributed by atoms with Gasteiger partial charge < -0.3 is 5.32 Å². The van der Waals surface area contributed by atoms with Gasteiger partial charge in [0.15, 0.2) is 0 Å². The number of rotatable bonds is 4. The van der Waals surface area contributed by atoms with E-state index in [0.29, 0.717) is 11.9 Å². The standard InChI is InChI=1S/C10H15F2N3/c11-9(12)7-15-6-5-10(14-15)13-8-3-1-2-4-8/h5-6,8-9H,1-4,7H2,(H,13,14). The minimum atomic E-state index is -2.34. The molecular weight excluding hydrogens is 200 g/mol. The van der Waals surface area contributed by atoms with Crippen molar-refractivity contribution >= 4 is 5.82 Å². The molecule has 1 aromatic heterocycles. The Bertz CT molecular complexity index is 305. The zero-order chi connectivity index (χ0) is 10.7. The fourth-order valence-corrected chi connectivity index (χ4v) is 1.96. The Kier molecular flexibility index (Phi) is 3.18. The minimum absolute atomic E-state index is 0.327. The van der Waals surface area contributed by atoms with Crippen LogP contribution in [0.3, 0.4) is 0 Å². The van der Waals surface area contributed by atoms with Gasteiger partial charge in [0.25, 0.3) is 6.43 Å². The summed E-state index contributed by atoms with van der Waals surface area (Å²) in [5.74, 6) is 0.711. The predicted octanol–water partition coefficient (Wildman–Crippen LogP) is 2.50. The first-order valence-electron chi connectivity index (χ1n) is 5.32. The average molecular weight is 215 g/mol. The van der Waals surface area contributed by atoms with E-state index in [1.807, 2.05) is 0 Å². The molecule has 0 radical (unpaired) electrons. The first kappa shape index (κ1) is 10.4. The fourth-order valence-electron chi connectivity index (χ4n) is 1.96. The van der Waals surface area contributed by atoms with E-state index in [4.69, 9.17) is 0 Å². The lowest BCUT2D eigenvalue weighted by molar-refractivity contribution is 0.122. The number of halogens is 2. The van der Waals surface area contributed by atoms with Gasteiger partial charge >= 0.3 is 0 Å². The molecule has 84 valence electrons. The molecule has 1 aliphatic rings. The van der Waals surface area contributed by atoms with E-state index < -0.39 is 6.43 Å². The SMILES string of the molecule is FC(F)Cn1ccc(NC2CCCC2)n1. The summed E-state index contributed by atoms with van der Waals surface area (Å²) in [5.41, 5.74) is 0. The molecule has 15 heavy (non-hydrogen) atoms. The van der Waals surface area contributed by atoms with Crippen LogP contribution in [-0.2, 0) is 6.54 Å². The van der Waals surface area contributed by atoms with Gasteiger partial charge in [0.05, 0.1) is 0 Å². The Labute approximate surface area is 87.5 Å². The molecule has 3 nitrogen and oxygen atoms in total. The highest BCUT2D eigenvalue weighted by Gasteiger charge is 2.15. The molecule has 0 bridgehead atoms. The van der Waals surface area contributed by atoms with Gasteiger partial charge in [-0.1, -0.05) is 12.8 Å². The van der Waals surface area contributed by atoms with Gasteiger partial charge in [-0.05, 0) is 12.8 Å². The van der Waals surface area contributed by atoms with Crippen LogP contribution in [0.25, 0.3) is 0 Å². The van der Waals surface area contributed by atoms with E-state index >= 15 is 0 Å². The van der Waals surface area contributed by atoms with Gasteiger partial charge in [-0.3, -0.25) is 4.68 Å². The number of nitrogens with one attached hydrogen (secondary N) is 1. The normalized spacial score (nSPS) is 17.5. The highest BCUT2D eigenvalue weighted by atomic mass is 19.3. The van der Waals surface area contributed by atoms with E-state index in [2.05, 4.69) is 10.4 Å². The fraction of sp³-hybridized carbons (Fsp3) is 0.700. The van der Waals surface area contributed by atoms with Crippen molar-refractivity contribution < 1.29 is 8.78 Å². The Hall–Kier alpha value is -1.13. The van der Waals surface area contributed by atoms with Crippen molar-refractivity contribution in [2.75, 3.05) is 5.32 Å². The van der Waals surface area contributed by atoms with Crippen LogP contribution in [0.4, 0.5) is 14.6 Å². The second kappa shape index (κ2) is 4.59. The highest BCUT2D eigenvalue weighted by molar-refractivity contribution is 5.33. The zero-order valence-electron chi connectivity index (χ0n) is 8.50. The number of hydrogen-bond donors (Lipinski definition) is 1. The van der Waals surface area contributed by atoms with Crippen molar-refractivity contribution in [3.05, 3.63) is 12.3 Å². The minimum Gasteiger partial charge on any atom is -0.366 e. The van der Waals surface area contributed by atoms with Gasteiger partial charge in [0.1, 0.15) is 12.4 Å². The van der Waals surface area contributed by atoms with Crippen LogP contribution >= 0.6 is 0 Å². The van der Waals surface area contributed by atoms with Crippen molar-refractivity contribution in [2.24, 2.45) is 0 Å². The number of alkyl halides is 2. The molecule has 1 fully saturated rings. The molecule has 1 saturated carbocycles. The van der Waals surface area contributed by atoms with Crippen LogP contribution < -0.4 is 5.32 Å². The lowest BCUT2D eigenvalue weighted by Gasteiger charge is -2.09. The monoisotopic (exact) mass is 215 g/mol. The molecule has 5 heteroatoms. The first-order valence-corrected chi connectivity index (χ1v) is 5.32. The maximum atomic E-state index is 12.1. The molecule has 1 aromatic rings. The zero-order valence-corrected chi connectivity index (χ0v) is 8.50. The second-order valence-electron chi connectivity index (χ2n) is 3.94. The first-order chi connectivity index (χ1) is 7.24. The Morgan fingerprint density at radius 3 is 2.87 bits per heavy atom. The number of hydrogen-bond acceptors (Lipinski definition) is 2. The summed E-state index contributed by atoms with van der Waals surface area (Å²) in [7, 11) is 0. The van der Waals surface area contributed by atoms with Crippen LogP contribution in [0.5, 0.6) is 0 Å². The Morgan fingerprint density at radius 1 is 1.47 bits per heavy atom. The smallest absolute Gasteiger partial charge is 0.257 e. The molecule has 1 heterocycles. The molecule has 0 saturated heterocycles. The molecule has 2 rings (SSSR count). The molecule has 0 atom stereocenters. The second-order valence-corrected chi connectivity index (χ2v) is 3.94. The molecule has 1 aliphatic carbocycles. The van der Waals surface area contributed by atoms with Gasteiger partial charge in [-0.15, -0.1) is 0 Å². The van der Waals surface area contributed by atoms with E-state index in [1.165, 1.54) is 17.5 Å². The van der Waals surface area contributed by atoms with Gasteiger partial charge in [-0.2, -0.15) is 5.10 Å². The van der Waals surface area contributed by atoms with Crippen molar-refractivity contribution in [2.45, 2.75) is 44.7 Å². The topological polar surface area (TPSA) is 29.9 Å². The predicted molar refractivity (Wildman–Crippen MR) is 54.1 cm³/mol. The number of nitrogens with zero attached hydrogens (tertiary/aromatic N) is 2. The van der Waals surface area contributed by atoms with Crippen LogP contribution in [0.1, 0.15) is 25.7 Å². The summed E-state index contributed by atoms with van der Waals surface area (Å²) in [5, 5.41) is 7.30. The Morgan fingerprint density at radius 2 is 2.20 bits per heavy atom. The van der Waals surface area contributed by atoms with Crippen molar-refractivity contribution in [3.8, 4) is 0 Å². The van der Waals surface area contributed by atoms with Crippen LogP contribution in [-0.4, -0.2) is 22.2 Å². The van der Waals surface area contributed by atoms with Gasteiger partial charge in [0.2, 0.25) is 0 Å². The van der Waals surface area contributed by atoms with E-state index in [0.717, 1.165) is 12.8 Å². The third-order valence-corrected chi connectivity index (χ3v) is 2.67. The molecule has 0 spiro atoms. The lowest BCUT2D eigenvalue weighted by Crippen LogP contribution is -2.15. The van der Waals surface area contributed by atoms with E-state index in [9.17, 15) is 8.78 Å². The van der Waals surface area contributed by atoms with Crippen LogP contribution in [0.15, 0.2) is 12.3 Å². The summed E-state index contributed by atoms with van der Waals surface area (Å²) in [6.07, 6.45) is 4.04. The highest BCUT2D eigenvalue weighted by Crippen LogP contribution is 2.21. The number of aromatic nitrogens is 2. The summed E-state index contributed by atoms with van der Waals surface area (Å²) >= 11 is 0. The van der Waals surface area contributed by atoms with Crippen molar-refractivity contribution in [3.63, 3.8) is 0 Å². The molecular formula is C10H15F2N3. The van der Waals surface area contributed by atoms with Crippen molar-refractivity contribution in [1.82, 2.24) is 9.78 Å². The quantitative estimate of drug-likeness (QED) is 0.836. The summed E-state index contributed by atoms with van der Waals surface area (Å²) < 4.78 is 25.4. The van der Waals surface area contributed by atoms with Crippen LogP contribution in [0, 0.1) is 0 Å². The summed E-state index contributed by atoms with van der Waals surface area (Å²) in [4.78, 5) is 0. The lowest BCUT2D eigenvalue weighted by atomic mass is 10.2. The molecule has 0 amide bonds. The number of anilines is 1. The van der Waals surface area contributed by atoms with Gasteiger partial charge in [0, 0.05) is 18.3 Å². The Balaban J connectivity index is 1.88. The summed E-state index contributed by atoms with van der Waals surface area (Å²) in [6.45, 7) is -0.327. The largest absolute Gasteiger partial charge is 0.366 e. The van der Waals surface area contributed by atoms with E-state index in [-0.39, 0.29) is 6.54 Å². The third kappa shape index (κ3) is 2.91. The summed E-state index contributed by atoms with van der Waals surface area (Å²) in [6, 6.07) is 2.22. The molecule has 0 unspecified atom stereocenters. The van der Waals surface area contributed by atoms with Crippen molar-refractivity contribution in [1.29, 1.82) is 0 Å². The van der Waals surface area contributed by atoms with Crippen LogP contribution in [0.2, 0.25) is 0 Å². The average Bonchev–Trinajstić information content (AvgIpc) is 2.77. The maximum Gasteiger partial charge on any atom is 0.257 e. The maximum absolute atomic E-state index is 12.1. The molecule has 1 N–H and O–H groups in total.